The van der Waals surface area contributed by atoms with Gasteiger partial charge in [-0.2, -0.15) is 8.78 Å². The number of alkyl halides is 2. The molecular weight excluding hydrogens is 408 g/mol. The molecule has 1 saturated heterocycles. The first-order valence-electron chi connectivity index (χ1n) is 9.80. The molecule has 0 spiro atoms. The van der Waals surface area contributed by atoms with E-state index in [1.165, 1.54) is 23.1 Å². The summed E-state index contributed by atoms with van der Waals surface area (Å²) in [6.45, 7) is -0.752. The third-order valence-electron chi connectivity index (χ3n) is 5.17. The van der Waals surface area contributed by atoms with Crippen LogP contribution in [0.1, 0.15) is 39.1 Å². The minimum atomic E-state index is -3.04. The van der Waals surface area contributed by atoms with Gasteiger partial charge in [-0.25, -0.2) is 0 Å². The van der Waals surface area contributed by atoms with E-state index in [9.17, 15) is 23.2 Å². The highest BCUT2D eigenvalue weighted by molar-refractivity contribution is 5.99. The second-order valence-electron chi connectivity index (χ2n) is 7.35. The molecule has 0 aromatic heterocycles. The van der Waals surface area contributed by atoms with Crippen LogP contribution < -0.4 is 15.8 Å². The van der Waals surface area contributed by atoms with Gasteiger partial charge >= 0.3 is 6.61 Å². The number of hydrogen-bond donors (Lipinski definition) is 2. The maximum Gasteiger partial charge on any atom is 0.387 e. The van der Waals surface area contributed by atoms with Crippen molar-refractivity contribution < 1.29 is 27.9 Å². The van der Waals surface area contributed by atoms with Crippen LogP contribution in [-0.2, 0) is 4.79 Å². The quantitative estimate of drug-likeness (QED) is 0.733. The van der Waals surface area contributed by atoms with Crippen LogP contribution in [0.4, 0.5) is 14.5 Å². The van der Waals surface area contributed by atoms with Gasteiger partial charge in [0.1, 0.15) is 5.75 Å². The number of nitrogens with two attached hydrogens (primary N) is 1. The molecule has 1 fully saturated rings. The van der Waals surface area contributed by atoms with Gasteiger partial charge in [-0.3, -0.25) is 14.4 Å². The summed E-state index contributed by atoms with van der Waals surface area (Å²) in [4.78, 5) is 38.5. The summed E-state index contributed by atoms with van der Waals surface area (Å²) in [6, 6.07) is 10.6. The molecule has 31 heavy (non-hydrogen) atoms. The molecule has 1 aliphatic heterocycles. The summed E-state index contributed by atoms with van der Waals surface area (Å²) in [5, 5.41) is 2.80. The predicted octanol–water partition coefficient (Wildman–Crippen LogP) is 3.19. The van der Waals surface area contributed by atoms with Gasteiger partial charge in [-0.15, -0.1) is 0 Å². The molecule has 9 heteroatoms. The van der Waals surface area contributed by atoms with Crippen molar-refractivity contribution in [2.75, 3.05) is 18.4 Å². The van der Waals surface area contributed by atoms with Gasteiger partial charge in [-0.05, 0) is 55.7 Å². The average Bonchev–Trinajstić information content (AvgIpc) is 2.73. The fourth-order valence-electron chi connectivity index (χ4n) is 3.65. The Kier molecular flexibility index (Phi) is 6.84. The molecule has 0 radical (unpaired) electrons. The molecule has 1 unspecified atom stereocenters. The fourth-order valence-corrected chi connectivity index (χ4v) is 3.65. The van der Waals surface area contributed by atoms with E-state index in [2.05, 4.69) is 10.1 Å². The van der Waals surface area contributed by atoms with Gasteiger partial charge in [0, 0.05) is 24.3 Å². The van der Waals surface area contributed by atoms with Gasteiger partial charge in [0.05, 0.1) is 11.5 Å². The van der Waals surface area contributed by atoms with Crippen molar-refractivity contribution in [1.82, 2.24) is 4.90 Å². The number of primary amides is 1. The number of anilines is 1. The molecule has 0 bridgehead atoms. The van der Waals surface area contributed by atoms with Crippen LogP contribution in [0.25, 0.3) is 0 Å². The molecule has 3 amide bonds. The highest BCUT2D eigenvalue weighted by Gasteiger charge is 2.30. The summed E-state index contributed by atoms with van der Waals surface area (Å²) in [6.07, 6.45) is 1.19. The Morgan fingerprint density at radius 1 is 1.16 bits per heavy atom. The van der Waals surface area contributed by atoms with Crippen molar-refractivity contribution in [2.45, 2.75) is 26.4 Å². The Balaban J connectivity index is 1.69. The number of carbonyl (C=O) groups excluding carboxylic acids is 3. The third kappa shape index (κ3) is 5.36. The highest BCUT2D eigenvalue weighted by atomic mass is 19.3. The average molecular weight is 431 g/mol. The van der Waals surface area contributed by atoms with Crippen molar-refractivity contribution in [3.8, 4) is 5.75 Å². The largest absolute Gasteiger partial charge is 0.434 e. The van der Waals surface area contributed by atoms with E-state index in [1.54, 1.807) is 31.2 Å². The lowest BCUT2D eigenvalue weighted by atomic mass is 9.96. The van der Waals surface area contributed by atoms with E-state index < -0.39 is 24.3 Å². The van der Waals surface area contributed by atoms with Gasteiger partial charge in [0.15, 0.2) is 0 Å². The lowest BCUT2D eigenvalue weighted by Gasteiger charge is -2.32. The monoisotopic (exact) mass is 431 g/mol. The molecule has 3 N–H and O–H groups in total. The zero-order valence-electron chi connectivity index (χ0n) is 16.9. The third-order valence-corrected chi connectivity index (χ3v) is 5.17. The molecule has 2 aromatic carbocycles. The lowest BCUT2D eigenvalue weighted by Crippen LogP contribution is -2.43. The minimum Gasteiger partial charge on any atom is -0.434 e. The summed E-state index contributed by atoms with van der Waals surface area (Å²) in [5.74, 6) is -1.93. The maximum atomic E-state index is 12.9. The Labute approximate surface area is 178 Å². The smallest absolute Gasteiger partial charge is 0.387 e. The molecule has 0 aliphatic carbocycles. The number of nitrogens with one attached hydrogen (secondary N) is 1. The van der Waals surface area contributed by atoms with Crippen molar-refractivity contribution in [1.29, 1.82) is 0 Å². The summed E-state index contributed by atoms with van der Waals surface area (Å²) in [5.41, 5.74) is 6.86. The molecule has 0 saturated carbocycles. The van der Waals surface area contributed by atoms with Crippen molar-refractivity contribution in [3.63, 3.8) is 0 Å². The number of aryl methyl sites for hydroxylation is 1. The van der Waals surface area contributed by atoms with Gasteiger partial charge in [-0.1, -0.05) is 12.1 Å². The molecule has 1 heterocycles. The van der Waals surface area contributed by atoms with Crippen LogP contribution in [0.3, 0.4) is 0 Å². The SMILES string of the molecule is Cc1cc(NC(=O)C2CCCN(C(=O)c3ccccc3OC(F)F)C2)ccc1C(N)=O. The standard InChI is InChI=1S/C22H23F2N3O4/c1-13-11-15(8-9-16(13)19(25)28)26-20(29)14-5-4-10-27(12-14)21(30)17-6-2-3-7-18(17)31-22(23)24/h2-3,6-9,11,14,22H,4-5,10,12H2,1H3,(H2,25,28)(H,26,29). The molecule has 3 rings (SSSR count). The van der Waals surface area contributed by atoms with E-state index in [4.69, 9.17) is 5.73 Å². The maximum absolute atomic E-state index is 12.9. The second-order valence-corrected chi connectivity index (χ2v) is 7.35. The molecule has 1 aliphatic rings. The minimum absolute atomic E-state index is 0.0292. The van der Waals surface area contributed by atoms with Crippen LogP contribution in [-0.4, -0.2) is 42.3 Å². The van der Waals surface area contributed by atoms with Crippen LogP contribution in [0.2, 0.25) is 0 Å². The van der Waals surface area contributed by atoms with Crippen molar-refractivity contribution >= 4 is 23.4 Å². The van der Waals surface area contributed by atoms with Crippen LogP contribution >= 0.6 is 0 Å². The number of ether oxygens (including phenoxy) is 1. The number of hydrogen-bond acceptors (Lipinski definition) is 4. The Bertz CT molecular complexity index is 996. The van der Waals surface area contributed by atoms with Crippen LogP contribution in [0, 0.1) is 12.8 Å². The molecule has 2 aromatic rings. The van der Waals surface area contributed by atoms with E-state index >= 15 is 0 Å². The zero-order chi connectivity index (χ0) is 22.5. The number of halogens is 2. The number of likely N-dealkylation sites (tertiary alicyclic amines) is 1. The normalized spacial score (nSPS) is 16.1. The first-order chi connectivity index (χ1) is 14.8. The summed E-state index contributed by atoms with van der Waals surface area (Å²) < 4.78 is 29.8. The van der Waals surface area contributed by atoms with Crippen molar-refractivity contribution in [3.05, 3.63) is 59.2 Å². The Morgan fingerprint density at radius 3 is 2.58 bits per heavy atom. The lowest BCUT2D eigenvalue weighted by molar-refractivity contribution is -0.121. The predicted molar refractivity (Wildman–Crippen MR) is 110 cm³/mol. The van der Waals surface area contributed by atoms with E-state index in [0.717, 1.165) is 0 Å². The number of nitrogens with zero attached hydrogens (tertiary/aromatic N) is 1. The number of rotatable bonds is 6. The first-order valence-corrected chi connectivity index (χ1v) is 9.80. The highest BCUT2D eigenvalue weighted by Crippen LogP contribution is 2.26. The number of amides is 3. The zero-order valence-corrected chi connectivity index (χ0v) is 16.9. The molecule has 1 atom stereocenters. The topological polar surface area (TPSA) is 102 Å². The Hall–Kier alpha value is -3.49. The molecule has 164 valence electrons. The van der Waals surface area contributed by atoms with Crippen molar-refractivity contribution in [2.24, 2.45) is 11.7 Å². The number of benzene rings is 2. The van der Waals surface area contributed by atoms with E-state index in [-0.39, 0.29) is 23.8 Å². The van der Waals surface area contributed by atoms with E-state index in [1.807, 2.05) is 0 Å². The Morgan fingerprint density at radius 2 is 1.90 bits per heavy atom. The summed E-state index contributed by atoms with van der Waals surface area (Å²) in [7, 11) is 0. The second kappa shape index (κ2) is 9.55. The number of para-hydroxylation sites is 1. The van der Waals surface area contributed by atoms with Gasteiger partial charge in [0.2, 0.25) is 11.8 Å². The fraction of sp³-hybridized carbons (Fsp3) is 0.318. The first kappa shape index (κ1) is 22.2. The van der Waals surface area contributed by atoms with Gasteiger partial charge in [0.25, 0.3) is 5.91 Å². The summed E-state index contributed by atoms with van der Waals surface area (Å²) >= 11 is 0. The van der Waals surface area contributed by atoms with Crippen LogP contribution in [0.5, 0.6) is 5.75 Å². The number of piperidine rings is 1. The van der Waals surface area contributed by atoms with Crippen LogP contribution in [0.15, 0.2) is 42.5 Å². The molecular formula is C22H23F2N3O4. The molecule has 7 nitrogen and oxygen atoms in total. The van der Waals surface area contributed by atoms with Gasteiger partial charge < -0.3 is 20.7 Å². The van der Waals surface area contributed by atoms with E-state index in [0.29, 0.717) is 36.2 Å². The number of carbonyl (C=O) groups is 3.